The third kappa shape index (κ3) is 12.6. The van der Waals surface area contributed by atoms with Crippen LogP contribution >= 0.6 is 11.3 Å². The minimum Gasteiger partial charge on any atom is -0.194 e. The number of rotatable bonds is 6. The van der Waals surface area contributed by atoms with Gasteiger partial charge in [0.15, 0.2) is 6.54 Å². The molecule has 1 nitrogen and oxygen atoms in total. The summed E-state index contributed by atoms with van der Waals surface area (Å²) in [5, 5.41) is 0. The topological polar surface area (TPSA) is 3.88 Å². The van der Waals surface area contributed by atoms with E-state index in [0.29, 0.717) is 0 Å². The lowest BCUT2D eigenvalue weighted by Gasteiger charge is -2.46. The predicted octanol–water partition coefficient (Wildman–Crippen LogP) is 14.8. The summed E-state index contributed by atoms with van der Waals surface area (Å²) in [6.45, 7) is 3.07. The van der Waals surface area contributed by atoms with E-state index in [4.69, 9.17) is 0 Å². The van der Waals surface area contributed by atoms with Crippen LogP contribution in [0.3, 0.4) is 0 Å². The summed E-state index contributed by atoms with van der Waals surface area (Å²) in [6.07, 6.45) is -54.8. The van der Waals surface area contributed by atoms with Crippen molar-refractivity contribution in [2.75, 3.05) is 0 Å². The molecule has 7 rings (SSSR count). The SMILES string of the molecule is Cc1ccc(C[n+]2csc3ccccc32)cc1.FC(F)(F)c1cc([B-](c2cc(C(F)(F)F)cc(C(F)(F)F)c2)(c2cc(C(F)(F)F)cc(C(F)(F)F)c2)c2cc(C(F)(F)F)cc(C(F)(F)F)c2)cc(C(F)(F)F)c1. The second-order valence-electron chi connectivity index (χ2n) is 16.5. The van der Waals surface area contributed by atoms with Gasteiger partial charge in [-0.15, -0.1) is 0 Å². The molecule has 0 atom stereocenters. The summed E-state index contributed by atoms with van der Waals surface area (Å²) in [5.74, 6) is 0. The number of benzene rings is 6. The third-order valence-corrected chi connectivity index (χ3v) is 12.4. The predicted molar refractivity (Wildman–Crippen MR) is 222 cm³/mol. The quantitative estimate of drug-likeness (QED) is 0.0888. The molecule has 0 aliphatic carbocycles. The Balaban J connectivity index is 0.000000436. The number of halogens is 24. The number of alkyl halides is 24. The summed E-state index contributed by atoms with van der Waals surface area (Å²) in [4.78, 5) is 0. The summed E-state index contributed by atoms with van der Waals surface area (Å²) in [6, 6.07) is 8.48. The van der Waals surface area contributed by atoms with E-state index in [-0.39, 0.29) is 0 Å². The Labute approximate surface area is 404 Å². The first-order valence-corrected chi connectivity index (χ1v) is 21.2. The van der Waals surface area contributed by atoms with Crippen LogP contribution in [0.25, 0.3) is 10.2 Å². The largest absolute Gasteiger partial charge is 0.416 e. The Morgan fingerprint density at radius 3 is 0.865 bits per heavy atom. The minimum atomic E-state index is -6.13. The summed E-state index contributed by atoms with van der Waals surface area (Å²) in [5.41, 5.74) is -24.0. The number of para-hydroxylation sites is 1. The molecule has 0 saturated carbocycles. The molecule has 0 bridgehead atoms. The van der Waals surface area contributed by atoms with Crippen LogP contribution in [0, 0.1) is 6.92 Å². The molecule has 7 aromatic rings. The molecule has 0 aliphatic heterocycles. The van der Waals surface area contributed by atoms with Crippen molar-refractivity contribution >= 4 is 49.6 Å². The number of hydrogen-bond acceptors (Lipinski definition) is 1. The zero-order valence-electron chi connectivity index (χ0n) is 36.3. The molecule has 0 aliphatic rings. The van der Waals surface area contributed by atoms with Crippen molar-refractivity contribution in [3.63, 3.8) is 0 Å². The van der Waals surface area contributed by atoms with Gasteiger partial charge in [0.2, 0.25) is 11.0 Å². The first-order valence-electron chi connectivity index (χ1n) is 20.4. The molecule has 0 radical (unpaired) electrons. The van der Waals surface area contributed by atoms with E-state index in [2.05, 4.69) is 65.5 Å². The number of nitrogens with zero attached hydrogens (tertiary/aromatic N) is 1. The van der Waals surface area contributed by atoms with E-state index in [0.717, 1.165) is 6.54 Å². The lowest BCUT2D eigenvalue weighted by atomic mass is 9.12. The van der Waals surface area contributed by atoms with Gasteiger partial charge in [-0.05, 0) is 37.3 Å². The van der Waals surface area contributed by atoms with Crippen LogP contribution in [0.4, 0.5) is 105 Å². The molecule has 0 saturated heterocycles. The maximum absolute atomic E-state index is 14.2. The maximum Gasteiger partial charge on any atom is 0.416 e. The van der Waals surface area contributed by atoms with Crippen LogP contribution < -0.4 is 26.4 Å². The van der Waals surface area contributed by atoms with Crippen LogP contribution in [-0.4, -0.2) is 6.15 Å². The molecule has 1 heterocycles. The molecule has 0 N–H and O–H groups in total. The molecule has 1 aromatic heterocycles. The molecule has 27 heteroatoms. The Bertz CT molecular complexity index is 2710. The van der Waals surface area contributed by atoms with Crippen LogP contribution in [0.5, 0.6) is 0 Å². The lowest BCUT2D eigenvalue weighted by Crippen LogP contribution is -2.75. The normalized spacial score (nSPS) is 13.5. The number of fused-ring (bicyclic) bond motifs is 1. The van der Waals surface area contributed by atoms with E-state index in [1.165, 1.54) is 21.3 Å². The van der Waals surface area contributed by atoms with Gasteiger partial charge < -0.3 is 0 Å². The van der Waals surface area contributed by atoms with E-state index < -0.39 is 195 Å². The Morgan fingerprint density at radius 2 is 0.608 bits per heavy atom. The Morgan fingerprint density at radius 1 is 0.351 bits per heavy atom. The Hall–Kier alpha value is -6.41. The van der Waals surface area contributed by atoms with Crippen molar-refractivity contribution in [1.82, 2.24) is 0 Å². The van der Waals surface area contributed by atoms with Crippen molar-refractivity contribution in [2.45, 2.75) is 62.9 Å². The monoisotopic (exact) mass is 1100 g/mol. The van der Waals surface area contributed by atoms with Crippen molar-refractivity contribution in [1.29, 1.82) is 0 Å². The van der Waals surface area contributed by atoms with Gasteiger partial charge in [0.1, 0.15) is 10.8 Å². The maximum atomic E-state index is 14.2. The van der Waals surface area contributed by atoms with Crippen LogP contribution in [0.2, 0.25) is 0 Å². The molecule has 0 amide bonds. The molecule has 6 aromatic carbocycles. The number of thiazole rings is 1. The van der Waals surface area contributed by atoms with Crippen LogP contribution in [-0.2, 0) is 56.0 Å². The molecule has 396 valence electrons. The average Bonchev–Trinajstić information content (AvgIpc) is 3.67. The fourth-order valence-corrected chi connectivity index (χ4v) is 8.95. The molecule has 0 unspecified atom stereocenters. The Kier molecular flexibility index (Phi) is 14.9. The minimum absolute atomic E-state index is 0.691. The smallest absolute Gasteiger partial charge is 0.194 e. The fraction of sp³-hybridized carbons (Fsp3) is 0.213. The lowest BCUT2D eigenvalue weighted by molar-refractivity contribution is -0.658. The van der Waals surface area contributed by atoms with Gasteiger partial charge in [0.05, 0.1) is 44.5 Å². The van der Waals surface area contributed by atoms with Gasteiger partial charge in [-0.1, -0.05) is 102 Å². The van der Waals surface area contributed by atoms with Gasteiger partial charge in [-0.2, -0.15) is 132 Å². The van der Waals surface area contributed by atoms with E-state index in [1.54, 1.807) is 11.3 Å². The van der Waals surface area contributed by atoms with Crippen molar-refractivity contribution in [2.24, 2.45) is 0 Å². The van der Waals surface area contributed by atoms with E-state index >= 15 is 0 Å². The highest BCUT2D eigenvalue weighted by atomic mass is 32.1. The number of aromatic nitrogens is 1. The van der Waals surface area contributed by atoms with Crippen LogP contribution in [0.15, 0.2) is 127 Å². The van der Waals surface area contributed by atoms with Gasteiger partial charge in [0.25, 0.3) is 0 Å². The molecule has 0 fully saturated rings. The molecular weight excluding hydrogens is 1080 g/mol. The standard InChI is InChI=1S/C32H12BF24.C15H14NS/c34-25(35,36)13-1-14(26(37,38)39)6-21(5-13)33(22-7-15(27(40,41)42)2-16(8-22)28(43,44)45,23-9-17(29(46,47)48)3-18(10-23)30(49,50)51)24-11-19(31(52,53)54)4-20(12-24)32(55,56)57;1-12-6-8-13(9-7-12)10-16-11-17-15-5-3-2-4-14(15)16/h1-12H;2-9,11H,10H2,1H3/q-1;+1. The summed E-state index contributed by atoms with van der Waals surface area (Å²) in [7, 11) is 0. The second-order valence-corrected chi connectivity index (χ2v) is 17.4. The third-order valence-electron chi connectivity index (χ3n) is 11.4. The zero-order chi connectivity index (χ0) is 55.6. The average molecular weight is 1100 g/mol. The van der Waals surface area contributed by atoms with Gasteiger partial charge >= 0.3 is 49.4 Å². The van der Waals surface area contributed by atoms with Crippen molar-refractivity contribution in [3.05, 3.63) is 182 Å². The second kappa shape index (κ2) is 19.4. The highest BCUT2D eigenvalue weighted by molar-refractivity contribution is 7.20. The van der Waals surface area contributed by atoms with Crippen LogP contribution in [0.1, 0.15) is 55.6 Å². The first-order chi connectivity index (χ1) is 33.6. The van der Waals surface area contributed by atoms with Gasteiger partial charge in [-0.25, -0.2) is 0 Å². The summed E-state index contributed by atoms with van der Waals surface area (Å²) >= 11 is 1.80. The van der Waals surface area contributed by atoms with Crippen molar-refractivity contribution in [3.8, 4) is 0 Å². The fourth-order valence-electron chi connectivity index (χ4n) is 8.05. The van der Waals surface area contributed by atoms with Gasteiger partial charge in [-0.3, -0.25) is 0 Å². The van der Waals surface area contributed by atoms with Gasteiger partial charge in [0, 0.05) is 11.6 Å². The van der Waals surface area contributed by atoms with E-state index in [1.807, 2.05) is 0 Å². The highest BCUT2D eigenvalue weighted by Gasteiger charge is 2.47. The first kappa shape index (κ1) is 56.9. The highest BCUT2D eigenvalue weighted by Crippen LogP contribution is 2.41. The number of hydrogen-bond donors (Lipinski definition) is 0. The molecule has 74 heavy (non-hydrogen) atoms. The summed E-state index contributed by atoms with van der Waals surface area (Å²) < 4.78 is 344. The zero-order valence-corrected chi connectivity index (χ0v) is 37.2. The molecular formula is C47H26BF24NS. The number of aryl methyl sites for hydroxylation is 1. The van der Waals surface area contributed by atoms with Crippen molar-refractivity contribution < 1.29 is 110 Å². The molecule has 0 spiro atoms. The van der Waals surface area contributed by atoms with E-state index in [9.17, 15) is 105 Å².